The fraction of sp³-hybridized carbons (Fsp3) is 0.216. The van der Waals surface area contributed by atoms with Crippen LogP contribution in [0.2, 0.25) is 0 Å². The van der Waals surface area contributed by atoms with Gasteiger partial charge >= 0.3 is 18.1 Å². The number of ether oxygens (including phenoxy) is 2. The molecule has 0 aromatic heterocycles. The van der Waals surface area contributed by atoms with Gasteiger partial charge in [-0.15, -0.1) is 0 Å². The predicted molar refractivity (Wildman–Crippen MR) is 179 cm³/mol. The maximum absolute atomic E-state index is 13.5. The Bertz CT molecular complexity index is 1950. The van der Waals surface area contributed by atoms with Crippen molar-refractivity contribution in [2.24, 2.45) is 0 Å². The maximum atomic E-state index is 13.5. The van der Waals surface area contributed by atoms with Gasteiger partial charge in [0.1, 0.15) is 18.0 Å². The molecule has 0 unspecified atom stereocenters. The molecular weight excluding hydrogens is 671 g/mol. The second-order valence-corrected chi connectivity index (χ2v) is 11.6. The number of halogens is 3. The van der Waals surface area contributed by atoms with E-state index in [1.54, 1.807) is 41.3 Å². The van der Waals surface area contributed by atoms with E-state index in [1.165, 1.54) is 55.6 Å². The van der Waals surface area contributed by atoms with E-state index in [0.717, 1.165) is 11.0 Å². The molecule has 0 bridgehead atoms. The summed E-state index contributed by atoms with van der Waals surface area (Å²) in [7, 11) is 1.23. The number of amides is 3. The normalized spacial score (nSPS) is 12.7. The molecular formula is C37H32F3N3O8. The second kappa shape index (κ2) is 15.6. The number of carbonyl (C=O) groups excluding carboxylic acids is 4. The lowest BCUT2D eigenvalue weighted by atomic mass is 10.0. The number of methoxy groups -OCH3 is 1. The topological polar surface area (TPSA) is 143 Å². The number of para-hydroxylation sites is 1. The number of esters is 1. The minimum atomic E-state index is -4.70. The quantitative estimate of drug-likeness (QED) is 0.136. The summed E-state index contributed by atoms with van der Waals surface area (Å²) >= 11 is 0. The first-order chi connectivity index (χ1) is 24.3. The van der Waals surface area contributed by atoms with Crippen molar-refractivity contribution in [1.82, 2.24) is 4.90 Å². The van der Waals surface area contributed by atoms with Crippen molar-refractivity contribution >= 4 is 41.0 Å². The van der Waals surface area contributed by atoms with E-state index in [4.69, 9.17) is 9.47 Å². The summed E-state index contributed by atoms with van der Waals surface area (Å²) in [6.45, 7) is -0.241. The third-order valence-corrected chi connectivity index (χ3v) is 8.00. The first-order valence-corrected chi connectivity index (χ1v) is 15.7. The Hall–Kier alpha value is -6.18. The average molecular weight is 704 g/mol. The lowest BCUT2D eigenvalue weighted by Crippen LogP contribution is -2.35. The molecule has 1 fully saturated rings. The van der Waals surface area contributed by atoms with Crippen molar-refractivity contribution in [3.05, 3.63) is 119 Å². The number of carbonyl (C=O) groups is 5. The number of nitrogens with zero attached hydrogens (tertiary/aromatic N) is 2. The maximum Gasteiger partial charge on any atom is 0.416 e. The Morgan fingerprint density at radius 2 is 1.61 bits per heavy atom. The molecule has 1 heterocycles. The van der Waals surface area contributed by atoms with Gasteiger partial charge in [-0.3, -0.25) is 19.2 Å². The number of nitrogens with one attached hydrogen (secondary N) is 1. The van der Waals surface area contributed by atoms with Crippen LogP contribution in [0.4, 0.5) is 24.5 Å². The van der Waals surface area contributed by atoms with Crippen LogP contribution in [-0.2, 0) is 33.5 Å². The molecule has 1 aliphatic rings. The van der Waals surface area contributed by atoms with Gasteiger partial charge in [0.15, 0.2) is 0 Å². The molecule has 11 nitrogen and oxygen atoms in total. The number of anilines is 2. The molecule has 264 valence electrons. The van der Waals surface area contributed by atoms with Gasteiger partial charge in [0.05, 0.1) is 30.3 Å². The van der Waals surface area contributed by atoms with E-state index in [2.05, 4.69) is 5.32 Å². The zero-order valence-corrected chi connectivity index (χ0v) is 27.2. The Balaban J connectivity index is 1.22. The van der Waals surface area contributed by atoms with E-state index < -0.39 is 48.5 Å². The molecule has 0 aliphatic carbocycles. The summed E-state index contributed by atoms with van der Waals surface area (Å²) in [4.78, 5) is 65.5. The first kappa shape index (κ1) is 36.1. The molecule has 1 saturated heterocycles. The van der Waals surface area contributed by atoms with E-state index in [1.807, 2.05) is 0 Å². The highest BCUT2D eigenvalue weighted by Crippen LogP contribution is 2.35. The molecule has 0 atom stereocenters. The lowest BCUT2D eigenvalue weighted by Gasteiger charge is -2.21. The zero-order valence-electron chi connectivity index (χ0n) is 27.2. The van der Waals surface area contributed by atoms with Crippen molar-refractivity contribution in [1.29, 1.82) is 0 Å². The highest BCUT2D eigenvalue weighted by atomic mass is 19.4. The van der Waals surface area contributed by atoms with Crippen molar-refractivity contribution < 1.29 is 51.7 Å². The van der Waals surface area contributed by atoms with Crippen LogP contribution in [0.3, 0.4) is 0 Å². The van der Waals surface area contributed by atoms with Gasteiger partial charge in [-0.2, -0.15) is 13.2 Å². The first-order valence-electron chi connectivity index (χ1n) is 15.7. The number of alkyl halides is 3. The number of benzene rings is 4. The van der Waals surface area contributed by atoms with Crippen LogP contribution < -0.4 is 19.7 Å². The summed E-state index contributed by atoms with van der Waals surface area (Å²) < 4.78 is 51.0. The summed E-state index contributed by atoms with van der Waals surface area (Å²) in [6.07, 6.45) is -4.18. The van der Waals surface area contributed by atoms with Crippen LogP contribution in [0.5, 0.6) is 11.5 Å². The van der Waals surface area contributed by atoms with Gasteiger partial charge in [0, 0.05) is 30.8 Å². The molecule has 3 amide bonds. The van der Waals surface area contributed by atoms with E-state index in [-0.39, 0.29) is 46.3 Å². The molecule has 0 radical (unpaired) electrons. The number of hydrogen-bond donors (Lipinski definition) is 2. The van der Waals surface area contributed by atoms with E-state index >= 15 is 0 Å². The summed E-state index contributed by atoms with van der Waals surface area (Å²) in [5, 5.41) is 12.0. The predicted octanol–water partition coefficient (Wildman–Crippen LogP) is 5.97. The largest absolute Gasteiger partial charge is 0.497 e. The molecule has 51 heavy (non-hydrogen) atoms. The van der Waals surface area contributed by atoms with Crippen LogP contribution >= 0.6 is 0 Å². The SMILES string of the molecule is COc1ccc(CC(=O)Nc2ccc(C(=O)N(CC(=O)O)Cc3ccc(OC(=O)c4ccccc4N4CCCC4=O)cc3)cc2)c(C(F)(F)F)c1. The van der Waals surface area contributed by atoms with Gasteiger partial charge in [0.2, 0.25) is 11.8 Å². The van der Waals surface area contributed by atoms with Gasteiger partial charge in [0.25, 0.3) is 5.91 Å². The molecule has 1 aliphatic heterocycles. The van der Waals surface area contributed by atoms with Gasteiger partial charge in [-0.05, 0) is 78.2 Å². The molecule has 14 heteroatoms. The molecule has 5 rings (SSSR count). The zero-order chi connectivity index (χ0) is 36.7. The molecule has 0 saturated carbocycles. The van der Waals surface area contributed by atoms with Gasteiger partial charge < -0.3 is 29.7 Å². The lowest BCUT2D eigenvalue weighted by molar-refractivity contribution is -0.139. The molecule has 4 aromatic carbocycles. The highest BCUT2D eigenvalue weighted by Gasteiger charge is 2.34. The van der Waals surface area contributed by atoms with Crippen LogP contribution in [0.15, 0.2) is 91.0 Å². The van der Waals surface area contributed by atoms with Gasteiger partial charge in [-0.1, -0.05) is 30.3 Å². The number of carboxylic acids is 1. The summed E-state index contributed by atoms with van der Waals surface area (Å²) in [6, 6.07) is 21.6. The van der Waals surface area contributed by atoms with Crippen LogP contribution in [0, 0.1) is 0 Å². The second-order valence-electron chi connectivity index (χ2n) is 11.6. The van der Waals surface area contributed by atoms with Crippen molar-refractivity contribution in [2.45, 2.75) is 32.0 Å². The molecule has 0 spiro atoms. The van der Waals surface area contributed by atoms with E-state index in [0.29, 0.717) is 30.6 Å². The van der Waals surface area contributed by atoms with Crippen LogP contribution in [0.1, 0.15) is 50.2 Å². The number of rotatable bonds is 12. The standard InChI is InChI=1S/C37H32F3N3O8/c1-50-28-17-12-25(30(20-28)37(38,39)40)19-32(44)41-26-13-10-24(11-14-26)35(48)42(22-34(46)47)21-23-8-15-27(16-9-23)51-36(49)29-5-2-3-6-31(29)43-18-4-7-33(43)45/h2-3,5-6,8-17,20H,4,7,18-19,21-22H2,1H3,(H,41,44)(H,46,47). The summed E-state index contributed by atoms with van der Waals surface area (Å²) in [5.74, 6) is -3.16. The number of carboxylic acid groups (broad SMARTS) is 1. The fourth-order valence-corrected chi connectivity index (χ4v) is 5.55. The van der Waals surface area contributed by atoms with Crippen molar-refractivity contribution in [3.63, 3.8) is 0 Å². The minimum Gasteiger partial charge on any atom is -0.497 e. The highest BCUT2D eigenvalue weighted by molar-refractivity contribution is 6.04. The van der Waals surface area contributed by atoms with Crippen molar-refractivity contribution in [2.75, 3.05) is 30.4 Å². The Morgan fingerprint density at radius 1 is 0.922 bits per heavy atom. The third kappa shape index (κ3) is 9.09. The molecule has 2 N–H and O–H groups in total. The minimum absolute atomic E-state index is 0.00299. The van der Waals surface area contributed by atoms with Crippen molar-refractivity contribution in [3.8, 4) is 11.5 Å². The number of hydrogen-bond acceptors (Lipinski definition) is 7. The Labute approximate surface area is 290 Å². The van der Waals surface area contributed by atoms with Crippen LogP contribution in [-0.4, -0.2) is 59.9 Å². The summed E-state index contributed by atoms with van der Waals surface area (Å²) in [5.41, 5.74) is 0.301. The van der Waals surface area contributed by atoms with Gasteiger partial charge in [-0.25, -0.2) is 4.79 Å². The van der Waals surface area contributed by atoms with E-state index in [9.17, 15) is 42.3 Å². The Morgan fingerprint density at radius 3 is 2.24 bits per heavy atom. The smallest absolute Gasteiger partial charge is 0.416 e. The monoisotopic (exact) mass is 703 g/mol. The third-order valence-electron chi connectivity index (χ3n) is 8.00. The molecule has 4 aromatic rings. The average Bonchev–Trinajstić information content (AvgIpc) is 3.53. The number of aliphatic carboxylic acids is 1. The Kier molecular flexibility index (Phi) is 11.0. The fourth-order valence-electron chi connectivity index (χ4n) is 5.55. The van der Waals surface area contributed by atoms with Crippen LogP contribution in [0.25, 0.3) is 0 Å².